The van der Waals surface area contributed by atoms with Crippen LogP contribution in [0.25, 0.3) is 0 Å². The van der Waals surface area contributed by atoms with Crippen LogP contribution in [-0.2, 0) is 9.84 Å². The number of carbonyl (C=O) groups excluding carboxylic acids is 1. The van der Waals surface area contributed by atoms with Gasteiger partial charge in [0, 0.05) is 6.07 Å². The molecule has 0 unspecified atom stereocenters. The standard InChI is InChI=1S/C18H18O5S/c1-18(2)11-14(19)13-9-17(16(22-3)10-15(13)23-18)24(20,21)12-7-5-4-6-8-12/h4-10H,11H2,1-3H3. The molecule has 2 aromatic rings. The highest BCUT2D eigenvalue weighted by Gasteiger charge is 2.35. The highest BCUT2D eigenvalue weighted by molar-refractivity contribution is 7.91. The van der Waals surface area contributed by atoms with E-state index < -0.39 is 15.4 Å². The fourth-order valence-corrected chi connectivity index (χ4v) is 4.20. The van der Waals surface area contributed by atoms with E-state index in [1.807, 2.05) is 13.8 Å². The minimum atomic E-state index is -3.80. The number of carbonyl (C=O) groups is 1. The Kier molecular flexibility index (Phi) is 3.87. The molecule has 3 rings (SSSR count). The van der Waals surface area contributed by atoms with Gasteiger partial charge in [0.15, 0.2) is 5.78 Å². The van der Waals surface area contributed by atoms with Gasteiger partial charge in [0.25, 0.3) is 0 Å². The lowest BCUT2D eigenvalue weighted by Crippen LogP contribution is -2.36. The molecule has 0 amide bonds. The van der Waals surface area contributed by atoms with Gasteiger partial charge >= 0.3 is 0 Å². The van der Waals surface area contributed by atoms with Crippen LogP contribution in [-0.4, -0.2) is 26.9 Å². The number of fused-ring (bicyclic) bond motifs is 1. The third kappa shape index (κ3) is 2.78. The summed E-state index contributed by atoms with van der Waals surface area (Å²) in [6.45, 7) is 3.63. The third-order valence-corrected chi connectivity index (χ3v) is 5.67. The maximum atomic E-state index is 12.9. The fourth-order valence-electron chi connectivity index (χ4n) is 2.76. The number of ketones is 1. The molecule has 0 fully saturated rings. The number of rotatable bonds is 3. The fraction of sp³-hybridized carbons (Fsp3) is 0.278. The van der Waals surface area contributed by atoms with Gasteiger partial charge in [0.2, 0.25) is 9.84 Å². The van der Waals surface area contributed by atoms with E-state index in [1.165, 1.54) is 31.4 Å². The average molecular weight is 346 g/mol. The Morgan fingerprint density at radius 3 is 2.42 bits per heavy atom. The van der Waals surface area contributed by atoms with Crippen molar-refractivity contribution in [3.63, 3.8) is 0 Å². The molecule has 126 valence electrons. The van der Waals surface area contributed by atoms with Gasteiger partial charge < -0.3 is 9.47 Å². The highest BCUT2D eigenvalue weighted by Crippen LogP contribution is 2.40. The summed E-state index contributed by atoms with van der Waals surface area (Å²) < 4.78 is 36.9. The van der Waals surface area contributed by atoms with Crippen LogP contribution in [0.4, 0.5) is 0 Å². The van der Waals surface area contributed by atoms with Crippen LogP contribution in [0.3, 0.4) is 0 Å². The molecule has 5 nitrogen and oxygen atoms in total. The summed E-state index contributed by atoms with van der Waals surface area (Å²) >= 11 is 0. The molecule has 1 aliphatic heterocycles. The molecule has 0 bridgehead atoms. The summed E-state index contributed by atoms with van der Waals surface area (Å²) in [4.78, 5) is 12.5. The Morgan fingerprint density at radius 2 is 1.79 bits per heavy atom. The lowest BCUT2D eigenvalue weighted by molar-refractivity contribution is 0.0617. The van der Waals surface area contributed by atoms with Gasteiger partial charge in [-0.15, -0.1) is 0 Å². The Balaban J connectivity index is 2.21. The van der Waals surface area contributed by atoms with E-state index in [1.54, 1.807) is 18.2 Å². The predicted octanol–water partition coefficient (Wildman–Crippen LogP) is 3.27. The van der Waals surface area contributed by atoms with Gasteiger partial charge in [0.1, 0.15) is 22.0 Å². The maximum absolute atomic E-state index is 12.9. The molecular weight excluding hydrogens is 328 g/mol. The zero-order valence-corrected chi connectivity index (χ0v) is 14.5. The number of hydrogen-bond acceptors (Lipinski definition) is 5. The molecule has 0 aliphatic carbocycles. The van der Waals surface area contributed by atoms with E-state index in [9.17, 15) is 13.2 Å². The minimum absolute atomic E-state index is 0.0355. The number of Topliss-reactive ketones (excluding diaryl/α,β-unsaturated/α-hetero) is 1. The Bertz CT molecular complexity index is 899. The van der Waals surface area contributed by atoms with Gasteiger partial charge in [-0.05, 0) is 32.0 Å². The van der Waals surface area contributed by atoms with Crippen molar-refractivity contribution in [1.82, 2.24) is 0 Å². The lowest BCUT2D eigenvalue weighted by atomic mass is 9.93. The van der Waals surface area contributed by atoms with Crippen molar-refractivity contribution in [2.75, 3.05) is 7.11 Å². The molecule has 0 N–H and O–H groups in total. The summed E-state index contributed by atoms with van der Waals surface area (Å²) in [7, 11) is -2.41. The maximum Gasteiger partial charge on any atom is 0.210 e. The molecule has 2 aromatic carbocycles. The van der Waals surface area contributed by atoms with Gasteiger partial charge in [-0.1, -0.05) is 18.2 Å². The van der Waals surface area contributed by atoms with Crippen LogP contribution in [0.15, 0.2) is 52.3 Å². The Labute approximate surface area is 141 Å². The van der Waals surface area contributed by atoms with Crippen LogP contribution >= 0.6 is 0 Å². The first kappa shape index (κ1) is 16.5. The second-order valence-corrected chi connectivity index (χ2v) is 8.20. The zero-order chi connectivity index (χ0) is 17.5. The van der Waals surface area contributed by atoms with Gasteiger partial charge in [-0.25, -0.2) is 8.42 Å². The van der Waals surface area contributed by atoms with Gasteiger partial charge in [-0.2, -0.15) is 0 Å². The molecule has 0 saturated heterocycles. The van der Waals surface area contributed by atoms with Crippen molar-refractivity contribution in [3.05, 3.63) is 48.0 Å². The van der Waals surface area contributed by atoms with E-state index in [0.717, 1.165) is 0 Å². The van der Waals surface area contributed by atoms with Crippen LogP contribution in [0, 0.1) is 0 Å². The van der Waals surface area contributed by atoms with Crippen molar-refractivity contribution < 1.29 is 22.7 Å². The van der Waals surface area contributed by atoms with Gasteiger partial charge in [0.05, 0.1) is 24.0 Å². The Hall–Kier alpha value is -2.34. The monoisotopic (exact) mass is 346 g/mol. The number of sulfone groups is 1. The smallest absolute Gasteiger partial charge is 0.210 e. The topological polar surface area (TPSA) is 69.7 Å². The molecule has 0 aromatic heterocycles. The second-order valence-electron chi connectivity index (χ2n) is 6.28. The van der Waals surface area contributed by atoms with Crippen molar-refractivity contribution in [2.45, 2.75) is 35.7 Å². The van der Waals surface area contributed by atoms with Gasteiger partial charge in [-0.3, -0.25) is 4.79 Å². The summed E-state index contributed by atoms with van der Waals surface area (Å²) in [5, 5.41) is 0. The van der Waals surface area contributed by atoms with E-state index in [2.05, 4.69) is 0 Å². The zero-order valence-electron chi connectivity index (χ0n) is 13.7. The number of ether oxygens (including phenoxy) is 2. The predicted molar refractivity (Wildman–Crippen MR) is 88.5 cm³/mol. The first-order valence-electron chi connectivity index (χ1n) is 7.49. The van der Waals surface area contributed by atoms with Crippen molar-refractivity contribution in [3.8, 4) is 11.5 Å². The molecule has 24 heavy (non-hydrogen) atoms. The van der Waals surface area contributed by atoms with Crippen molar-refractivity contribution >= 4 is 15.6 Å². The number of methoxy groups -OCH3 is 1. The van der Waals surface area contributed by atoms with Crippen LogP contribution < -0.4 is 9.47 Å². The SMILES string of the molecule is COc1cc2c(cc1S(=O)(=O)c1ccccc1)C(=O)CC(C)(C)O2. The molecule has 1 aliphatic rings. The molecule has 0 saturated carbocycles. The van der Waals surface area contributed by atoms with Crippen LogP contribution in [0.2, 0.25) is 0 Å². The number of hydrogen-bond donors (Lipinski definition) is 0. The summed E-state index contributed by atoms with van der Waals surface area (Å²) in [6.07, 6.45) is 0.192. The summed E-state index contributed by atoms with van der Waals surface area (Å²) in [5.41, 5.74) is -0.362. The molecule has 0 spiro atoms. The summed E-state index contributed by atoms with van der Waals surface area (Å²) in [6, 6.07) is 10.9. The molecule has 0 radical (unpaired) electrons. The van der Waals surface area contributed by atoms with Crippen LogP contribution in [0.1, 0.15) is 30.6 Å². The van der Waals surface area contributed by atoms with Crippen LogP contribution in [0.5, 0.6) is 11.5 Å². The largest absolute Gasteiger partial charge is 0.495 e. The normalized spacial score (nSPS) is 16.2. The average Bonchev–Trinajstić information content (AvgIpc) is 2.53. The van der Waals surface area contributed by atoms with E-state index in [4.69, 9.17) is 9.47 Å². The van der Waals surface area contributed by atoms with Crippen molar-refractivity contribution in [2.24, 2.45) is 0 Å². The molecule has 0 atom stereocenters. The van der Waals surface area contributed by atoms with Crippen molar-refractivity contribution in [1.29, 1.82) is 0 Å². The second kappa shape index (κ2) is 5.63. The molecule has 1 heterocycles. The number of benzene rings is 2. The van der Waals surface area contributed by atoms with E-state index in [-0.39, 0.29) is 33.3 Å². The van der Waals surface area contributed by atoms with E-state index >= 15 is 0 Å². The highest BCUT2D eigenvalue weighted by atomic mass is 32.2. The third-order valence-electron chi connectivity index (χ3n) is 3.88. The molecule has 6 heteroatoms. The first-order chi connectivity index (χ1) is 11.2. The van der Waals surface area contributed by atoms with E-state index in [0.29, 0.717) is 5.75 Å². The lowest BCUT2D eigenvalue weighted by Gasteiger charge is -2.32. The first-order valence-corrected chi connectivity index (χ1v) is 8.97. The minimum Gasteiger partial charge on any atom is -0.495 e. The quantitative estimate of drug-likeness (QED) is 0.853. The Morgan fingerprint density at radius 1 is 1.12 bits per heavy atom. The summed E-state index contributed by atoms with van der Waals surface area (Å²) in [5.74, 6) is 0.358. The molecular formula is C18H18O5S.